The number of nitrogens with zero attached hydrogens (tertiary/aromatic N) is 2. The number of aromatic nitrogens is 1. The minimum Gasteiger partial charge on any atom is -0.439 e. The van der Waals surface area contributed by atoms with Crippen LogP contribution in [0.5, 0.6) is 0 Å². The van der Waals surface area contributed by atoms with E-state index in [9.17, 15) is 4.79 Å². The molecule has 0 aliphatic carbocycles. The molecule has 2 aromatic rings. The van der Waals surface area contributed by atoms with E-state index in [1.165, 1.54) is 11.8 Å². The lowest BCUT2D eigenvalue weighted by molar-refractivity contribution is -0.134. The van der Waals surface area contributed by atoms with Crippen LogP contribution in [-0.2, 0) is 16.1 Å². The maximum atomic E-state index is 11.3. The molecule has 17 heavy (non-hydrogen) atoms. The fraction of sp³-hybridized carbons (Fsp3) is 0.333. The summed E-state index contributed by atoms with van der Waals surface area (Å²) in [6.07, 6.45) is 0. The van der Waals surface area contributed by atoms with Crippen LogP contribution in [0, 0.1) is 0 Å². The topological polar surface area (TPSA) is 55.6 Å². The largest absolute Gasteiger partial charge is 0.439 e. The number of carbonyl (C=O) groups excluding carboxylic acids is 1. The first-order valence-electron chi connectivity index (χ1n) is 5.29. The van der Waals surface area contributed by atoms with Gasteiger partial charge in [0, 0.05) is 14.0 Å². The Balaban J connectivity index is 2.19. The molecule has 0 aliphatic rings. The van der Waals surface area contributed by atoms with Gasteiger partial charge in [-0.25, -0.2) is 4.98 Å². The second kappa shape index (κ2) is 4.97. The Hall–Kier alpha value is -1.88. The smallest absolute Gasteiger partial charge is 0.221 e. The van der Waals surface area contributed by atoms with Crippen LogP contribution in [0.4, 0.5) is 0 Å². The van der Waals surface area contributed by atoms with Gasteiger partial charge in [0.05, 0.1) is 6.54 Å². The lowest BCUT2D eigenvalue weighted by Gasteiger charge is -2.17. The molecule has 1 aromatic heterocycles. The molecule has 0 N–H and O–H groups in total. The van der Waals surface area contributed by atoms with Gasteiger partial charge >= 0.3 is 0 Å². The average molecular weight is 234 g/mol. The van der Waals surface area contributed by atoms with E-state index in [1.54, 1.807) is 7.11 Å². The van der Waals surface area contributed by atoms with Crippen molar-refractivity contribution in [1.82, 2.24) is 9.88 Å². The van der Waals surface area contributed by atoms with Crippen LogP contribution in [0.25, 0.3) is 11.1 Å². The molecule has 5 nitrogen and oxygen atoms in total. The number of para-hydroxylation sites is 2. The predicted molar refractivity (Wildman–Crippen MR) is 62.1 cm³/mol. The predicted octanol–water partition coefficient (Wildman–Crippen LogP) is 1.78. The summed E-state index contributed by atoms with van der Waals surface area (Å²) in [5, 5.41) is 0. The second-order valence-corrected chi connectivity index (χ2v) is 3.71. The van der Waals surface area contributed by atoms with Gasteiger partial charge in [-0.3, -0.25) is 4.79 Å². The molecule has 2 rings (SSSR count). The number of ether oxygens (including phenoxy) is 1. The highest BCUT2D eigenvalue weighted by molar-refractivity contribution is 5.74. The lowest BCUT2D eigenvalue weighted by atomic mass is 10.3. The Labute approximate surface area is 99.0 Å². The molecule has 0 spiro atoms. The van der Waals surface area contributed by atoms with Gasteiger partial charge < -0.3 is 14.1 Å². The Kier molecular flexibility index (Phi) is 3.39. The quantitative estimate of drug-likeness (QED) is 0.757. The number of hydrogen-bond donors (Lipinski definition) is 0. The van der Waals surface area contributed by atoms with Crippen molar-refractivity contribution in [1.29, 1.82) is 0 Å². The highest BCUT2D eigenvalue weighted by Crippen LogP contribution is 2.15. The third kappa shape index (κ3) is 2.62. The minimum atomic E-state index is -0.0749. The molecular weight excluding hydrogens is 220 g/mol. The first kappa shape index (κ1) is 11.6. The number of fused-ring (bicyclic) bond motifs is 1. The van der Waals surface area contributed by atoms with Crippen molar-refractivity contribution in [3.8, 4) is 0 Å². The Morgan fingerprint density at radius 1 is 1.47 bits per heavy atom. The van der Waals surface area contributed by atoms with E-state index in [4.69, 9.17) is 9.15 Å². The number of oxazole rings is 1. The van der Waals surface area contributed by atoms with Crippen molar-refractivity contribution >= 4 is 17.0 Å². The molecular formula is C12H14N2O3. The van der Waals surface area contributed by atoms with Crippen molar-refractivity contribution in [3.63, 3.8) is 0 Å². The normalized spacial score (nSPS) is 10.7. The van der Waals surface area contributed by atoms with Gasteiger partial charge in [0.2, 0.25) is 11.8 Å². The fourth-order valence-electron chi connectivity index (χ4n) is 1.55. The number of rotatable bonds is 4. The van der Waals surface area contributed by atoms with Crippen LogP contribution in [0.1, 0.15) is 12.8 Å². The summed E-state index contributed by atoms with van der Waals surface area (Å²) in [7, 11) is 1.54. The molecule has 1 aromatic carbocycles. The lowest BCUT2D eigenvalue weighted by Crippen LogP contribution is -2.30. The molecule has 0 atom stereocenters. The zero-order chi connectivity index (χ0) is 12.3. The maximum Gasteiger partial charge on any atom is 0.221 e. The maximum absolute atomic E-state index is 11.3. The van der Waals surface area contributed by atoms with E-state index in [-0.39, 0.29) is 12.6 Å². The zero-order valence-corrected chi connectivity index (χ0v) is 9.84. The molecule has 0 bridgehead atoms. The van der Waals surface area contributed by atoms with Crippen LogP contribution < -0.4 is 0 Å². The van der Waals surface area contributed by atoms with Gasteiger partial charge in [0.1, 0.15) is 12.2 Å². The summed E-state index contributed by atoms with van der Waals surface area (Å²) in [4.78, 5) is 17.1. The highest BCUT2D eigenvalue weighted by atomic mass is 16.5. The van der Waals surface area contributed by atoms with E-state index in [0.717, 1.165) is 11.1 Å². The monoisotopic (exact) mass is 234 g/mol. The average Bonchev–Trinajstić information content (AvgIpc) is 2.70. The fourth-order valence-corrected chi connectivity index (χ4v) is 1.55. The van der Waals surface area contributed by atoms with E-state index < -0.39 is 0 Å². The molecule has 0 radical (unpaired) electrons. The van der Waals surface area contributed by atoms with Crippen LogP contribution >= 0.6 is 0 Å². The number of carbonyl (C=O) groups is 1. The van der Waals surface area contributed by atoms with Crippen molar-refractivity contribution < 1.29 is 13.9 Å². The SMILES string of the molecule is COCN(Cc1nc2ccccc2o1)C(C)=O. The third-order valence-corrected chi connectivity index (χ3v) is 2.39. The summed E-state index contributed by atoms with van der Waals surface area (Å²) in [5.41, 5.74) is 1.52. The van der Waals surface area contributed by atoms with Crippen molar-refractivity contribution in [2.24, 2.45) is 0 Å². The summed E-state index contributed by atoms with van der Waals surface area (Å²) >= 11 is 0. The molecule has 90 valence electrons. The molecule has 0 unspecified atom stereocenters. The van der Waals surface area contributed by atoms with Gasteiger partial charge in [0.25, 0.3) is 0 Å². The first-order chi connectivity index (χ1) is 8.20. The van der Waals surface area contributed by atoms with Gasteiger partial charge in [0.15, 0.2) is 5.58 Å². The highest BCUT2D eigenvalue weighted by Gasteiger charge is 2.13. The van der Waals surface area contributed by atoms with Crippen molar-refractivity contribution in [2.45, 2.75) is 13.5 Å². The molecule has 1 heterocycles. The number of amides is 1. The second-order valence-electron chi connectivity index (χ2n) is 3.71. The van der Waals surface area contributed by atoms with Crippen LogP contribution in [0.3, 0.4) is 0 Å². The van der Waals surface area contributed by atoms with Gasteiger partial charge in [-0.05, 0) is 12.1 Å². The van der Waals surface area contributed by atoms with Crippen LogP contribution in [0.15, 0.2) is 28.7 Å². The van der Waals surface area contributed by atoms with E-state index >= 15 is 0 Å². The first-order valence-corrected chi connectivity index (χ1v) is 5.29. The molecule has 0 aliphatic heterocycles. The molecule has 0 saturated heterocycles. The van der Waals surface area contributed by atoms with E-state index in [1.807, 2.05) is 24.3 Å². The van der Waals surface area contributed by atoms with Gasteiger partial charge in [-0.1, -0.05) is 12.1 Å². The van der Waals surface area contributed by atoms with Crippen LogP contribution in [0.2, 0.25) is 0 Å². The summed E-state index contributed by atoms with van der Waals surface area (Å²) in [6.45, 7) is 2.04. The zero-order valence-electron chi connectivity index (χ0n) is 9.84. The molecule has 0 saturated carbocycles. The number of hydrogen-bond acceptors (Lipinski definition) is 4. The number of methoxy groups -OCH3 is 1. The summed E-state index contributed by atoms with van der Waals surface area (Å²) in [6, 6.07) is 7.50. The standard InChI is InChI=1S/C12H14N2O3/c1-9(15)14(8-16-2)7-12-13-10-5-3-4-6-11(10)17-12/h3-6H,7-8H2,1-2H3. The Bertz CT molecular complexity index is 488. The Morgan fingerprint density at radius 2 is 2.24 bits per heavy atom. The van der Waals surface area contributed by atoms with Crippen molar-refractivity contribution in [2.75, 3.05) is 13.8 Å². The molecule has 5 heteroatoms. The van der Waals surface area contributed by atoms with E-state index in [0.29, 0.717) is 12.4 Å². The van der Waals surface area contributed by atoms with Gasteiger partial charge in [-0.2, -0.15) is 0 Å². The molecule has 0 fully saturated rings. The molecule has 1 amide bonds. The Morgan fingerprint density at radius 3 is 2.88 bits per heavy atom. The van der Waals surface area contributed by atoms with Crippen LogP contribution in [-0.4, -0.2) is 29.6 Å². The summed E-state index contributed by atoms with van der Waals surface area (Å²) < 4.78 is 10.5. The van der Waals surface area contributed by atoms with Gasteiger partial charge in [-0.15, -0.1) is 0 Å². The van der Waals surface area contributed by atoms with E-state index in [2.05, 4.69) is 4.98 Å². The third-order valence-electron chi connectivity index (χ3n) is 2.39. The number of benzene rings is 1. The summed E-state index contributed by atoms with van der Waals surface area (Å²) in [5.74, 6) is 0.438. The minimum absolute atomic E-state index is 0.0749. The van der Waals surface area contributed by atoms with Crippen molar-refractivity contribution in [3.05, 3.63) is 30.2 Å².